The maximum Gasteiger partial charge on any atom is 0.147 e. The molecule has 4 atom stereocenters. The number of rotatable bonds is 4. The fraction of sp³-hybridized carbons (Fsp3) is 0.600. The second-order valence-corrected chi connectivity index (χ2v) is 8.35. The van der Waals surface area contributed by atoms with Gasteiger partial charge in [-0.3, -0.25) is 0 Å². The first-order chi connectivity index (χ1) is 8.97. The van der Waals surface area contributed by atoms with E-state index in [-0.39, 0.29) is 11.8 Å². The molecule has 19 heavy (non-hydrogen) atoms. The van der Waals surface area contributed by atoms with Crippen molar-refractivity contribution in [1.82, 2.24) is 0 Å². The van der Waals surface area contributed by atoms with E-state index in [0.717, 1.165) is 6.42 Å². The van der Waals surface area contributed by atoms with Gasteiger partial charge in [-0.1, -0.05) is 24.3 Å². The third kappa shape index (κ3) is 2.56. The average Bonchev–Trinajstić information content (AvgIpc) is 3.10. The topological polar surface area (TPSA) is 60.2 Å². The zero-order valence-corrected chi connectivity index (χ0v) is 12.1. The van der Waals surface area contributed by atoms with E-state index in [1.807, 2.05) is 0 Å². The highest BCUT2D eigenvalue weighted by atomic mass is 32.2. The van der Waals surface area contributed by atoms with Crippen LogP contribution in [0.2, 0.25) is 0 Å². The molecule has 0 amide bonds. The fourth-order valence-electron chi connectivity index (χ4n) is 3.75. The van der Waals surface area contributed by atoms with Crippen LogP contribution in [0, 0.1) is 11.8 Å². The summed E-state index contributed by atoms with van der Waals surface area (Å²) in [6, 6.07) is 8.65. The highest BCUT2D eigenvalue weighted by Crippen LogP contribution is 2.61. The number of nitrogens with two attached hydrogens (primary N) is 1. The van der Waals surface area contributed by atoms with Gasteiger partial charge in [-0.15, -0.1) is 0 Å². The molecule has 0 heterocycles. The van der Waals surface area contributed by atoms with Crippen molar-refractivity contribution in [3.05, 3.63) is 35.4 Å². The van der Waals surface area contributed by atoms with Gasteiger partial charge < -0.3 is 5.73 Å². The van der Waals surface area contributed by atoms with Crippen molar-refractivity contribution >= 4 is 9.84 Å². The molecule has 2 N–H and O–H groups in total. The van der Waals surface area contributed by atoms with Crippen LogP contribution < -0.4 is 5.73 Å². The molecule has 3 nitrogen and oxygen atoms in total. The molecule has 0 radical (unpaired) electrons. The predicted molar refractivity (Wildman–Crippen MR) is 76.8 cm³/mol. The van der Waals surface area contributed by atoms with Crippen molar-refractivity contribution in [2.75, 3.05) is 12.0 Å². The maximum absolute atomic E-state index is 11.2. The molecule has 4 heteroatoms. The summed E-state index contributed by atoms with van der Waals surface area (Å²) >= 11 is 0. The first-order valence-electron chi connectivity index (χ1n) is 6.98. The Morgan fingerprint density at radius 3 is 2.84 bits per heavy atom. The summed E-state index contributed by atoms with van der Waals surface area (Å²) < 4.78 is 22.5. The van der Waals surface area contributed by atoms with Crippen molar-refractivity contribution in [1.29, 1.82) is 0 Å². The highest BCUT2D eigenvalue weighted by Gasteiger charge is 2.55. The zero-order chi connectivity index (χ0) is 13.6. The Hall–Kier alpha value is -0.870. The Balaban J connectivity index is 1.70. The normalized spacial score (nSPS) is 30.3. The first kappa shape index (κ1) is 13.1. The molecule has 1 aromatic rings. The molecular weight excluding hydrogens is 258 g/mol. The molecule has 1 aromatic carbocycles. The monoisotopic (exact) mass is 279 g/mol. The Bertz CT molecular complexity index is 582. The molecule has 2 aliphatic carbocycles. The van der Waals surface area contributed by atoms with Crippen molar-refractivity contribution in [3.63, 3.8) is 0 Å². The summed E-state index contributed by atoms with van der Waals surface area (Å²) in [5, 5.41) is 0. The van der Waals surface area contributed by atoms with Crippen LogP contribution in [0.25, 0.3) is 0 Å². The Morgan fingerprint density at radius 2 is 2.11 bits per heavy atom. The number of benzene rings is 1. The van der Waals surface area contributed by atoms with Crippen LogP contribution in [0.4, 0.5) is 0 Å². The van der Waals surface area contributed by atoms with E-state index in [4.69, 9.17) is 5.73 Å². The second-order valence-electron chi connectivity index (χ2n) is 6.09. The van der Waals surface area contributed by atoms with Crippen LogP contribution in [0.5, 0.6) is 0 Å². The van der Waals surface area contributed by atoms with Gasteiger partial charge in [-0.05, 0) is 48.1 Å². The third-order valence-electron chi connectivity index (χ3n) is 4.71. The van der Waals surface area contributed by atoms with Crippen LogP contribution in [-0.2, 0) is 16.3 Å². The lowest BCUT2D eigenvalue weighted by molar-refractivity contribution is 0.517. The molecule has 1 fully saturated rings. The molecule has 0 bridgehead atoms. The number of hydrogen-bond donors (Lipinski definition) is 1. The van der Waals surface area contributed by atoms with Gasteiger partial charge in [0, 0.05) is 12.3 Å². The van der Waals surface area contributed by atoms with Gasteiger partial charge in [-0.2, -0.15) is 0 Å². The lowest BCUT2D eigenvalue weighted by Crippen LogP contribution is -2.26. The van der Waals surface area contributed by atoms with E-state index in [9.17, 15) is 8.42 Å². The predicted octanol–water partition coefficient (Wildman–Crippen LogP) is 1.72. The van der Waals surface area contributed by atoms with E-state index in [1.165, 1.54) is 23.8 Å². The molecule has 0 spiro atoms. The van der Waals surface area contributed by atoms with E-state index >= 15 is 0 Å². The summed E-state index contributed by atoms with van der Waals surface area (Å²) in [7, 11) is -2.90. The minimum absolute atomic E-state index is 0.0240. The first-order valence-corrected chi connectivity index (χ1v) is 9.04. The lowest BCUT2D eigenvalue weighted by atomic mass is 9.92. The summed E-state index contributed by atoms with van der Waals surface area (Å²) in [6.45, 7) is 0. The van der Waals surface area contributed by atoms with Crippen molar-refractivity contribution in [3.8, 4) is 0 Å². The molecule has 2 aliphatic rings. The molecule has 104 valence electrons. The van der Waals surface area contributed by atoms with Crippen molar-refractivity contribution in [2.24, 2.45) is 17.6 Å². The third-order valence-corrected chi connectivity index (χ3v) is 5.68. The number of fused-ring (bicyclic) bond motifs is 3. The van der Waals surface area contributed by atoms with Gasteiger partial charge in [0.1, 0.15) is 9.84 Å². The minimum atomic E-state index is -2.90. The molecule has 0 aromatic heterocycles. The molecule has 4 unspecified atom stereocenters. The van der Waals surface area contributed by atoms with Gasteiger partial charge in [0.15, 0.2) is 0 Å². The summed E-state index contributed by atoms with van der Waals surface area (Å²) in [6.07, 6.45) is 4.24. The fourth-order valence-corrected chi connectivity index (χ4v) is 4.45. The molecular formula is C15H21NO2S. The lowest BCUT2D eigenvalue weighted by Gasteiger charge is -2.13. The maximum atomic E-state index is 11.2. The molecule has 0 aliphatic heterocycles. The SMILES string of the molecule is CS(=O)(=O)CCC(N)C1C2CCc3ccccc3C21. The average molecular weight is 279 g/mol. The Labute approximate surface area is 115 Å². The Morgan fingerprint density at radius 1 is 1.37 bits per heavy atom. The standard InChI is InChI=1S/C15H21NO2S/c1-19(17,18)9-8-13(16)15-12-7-6-10-4-2-3-5-11(10)14(12)15/h2-5,12-15H,6-9,16H2,1H3. The van der Waals surface area contributed by atoms with Gasteiger partial charge in [0.05, 0.1) is 5.75 Å². The quantitative estimate of drug-likeness (QED) is 0.913. The van der Waals surface area contributed by atoms with Crippen LogP contribution >= 0.6 is 0 Å². The van der Waals surface area contributed by atoms with Crippen LogP contribution in [0.1, 0.15) is 29.9 Å². The van der Waals surface area contributed by atoms with Gasteiger partial charge in [0.2, 0.25) is 0 Å². The van der Waals surface area contributed by atoms with Crippen LogP contribution in [-0.4, -0.2) is 26.5 Å². The van der Waals surface area contributed by atoms with E-state index in [2.05, 4.69) is 24.3 Å². The van der Waals surface area contributed by atoms with Crippen LogP contribution in [0.3, 0.4) is 0 Å². The van der Waals surface area contributed by atoms with Crippen molar-refractivity contribution in [2.45, 2.75) is 31.2 Å². The molecule has 0 saturated heterocycles. The number of hydrogen-bond acceptors (Lipinski definition) is 3. The molecule has 3 rings (SSSR count). The minimum Gasteiger partial charge on any atom is -0.327 e. The smallest absolute Gasteiger partial charge is 0.147 e. The summed E-state index contributed by atoms with van der Waals surface area (Å²) in [5.74, 6) is 1.97. The number of aryl methyl sites for hydroxylation is 1. The van der Waals surface area contributed by atoms with Gasteiger partial charge in [-0.25, -0.2) is 8.42 Å². The van der Waals surface area contributed by atoms with E-state index < -0.39 is 9.84 Å². The Kier molecular flexibility index (Phi) is 3.18. The largest absolute Gasteiger partial charge is 0.327 e. The summed E-state index contributed by atoms with van der Waals surface area (Å²) in [4.78, 5) is 0. The number of sulfone groups is 1. The van der Waals surface area contributed by atoms with E-state index in [0.29, 0.717) is 24.2 Å². The van der Waals surface area contributed by atoms with Crippen molar-refractivity contribution < 1.29 is 8.42 Å². The second kappa shape index (κ2) is 4.60. The van der Waals surface area contributed by atoms with Crippen LogP contribution in [0.15, 0.2) is 24.3 Å². The zero-order valence-electron chi connectivity index (χ0n) is 11.2. The van der Waals surface area contributed by atoms with E-state index in [1.54, 1.807) is 0 Å². The summed E-state index contributed by atoms with van der Waals surface area (Å²) in [5.41, 5.74) is 9.16. The van der Waals surface area contributed by atoms with Gasteiger partial charge >= 0.3 is 0 Å². The highest BCUT2D eigenvalue weighted by molar-refractivity contribution is 7.90. The van der Waals surface area contributed by atoms with Gasteiger partial charge in [0.25, 0.3) is 0 Å². The molecule has 1 saturated carbocycles.